The molecule has 0 spiro atoms. The number of aliphatic imine (C=N–C) groups is 1. The van der Waals surface area contributed by atoms with E-state index in [0.717, 1.165) is 0 Å². The van der Waals surface area contributed by atoms with Crippen LogP contribution in [0.15, 0.2) is 40.2 Å². The average Bonchev–Trinajstić information content (AvgIpc) is 2.85. The fourth-order valence-corrected chi connectivity index (χ4v) is 4.19. The second-order valence-electron chi connectivity index (χ2n) is 7.80. The predicted molar refractivity (Wildman–Crippen MR) is 125 cm³/mol. The Kier molecular flexibility index (Phi) is 10.5. The van der Waals surface area contributed by atoms with Crippen molar-refractivity contribution in [2.75, 3.05) is 6.54 Å². The second-order valence-corrected chi connectivity index (χ2v) is 9.42. The van der Waals surface area contributed by atoms with Gasteiger partial charge in [-0.1, -0.05) is 30.3 Å². The third-order valence-electron chi connectivity index (χ3n) is 5.01. The van der Waals surface area contributed by atoms with Crippen LogP contribution in [-0.2, 0) is 26.0 Å². The van der Waals surface area contributed by atoms with Crippen molar-refractivity contribution in [1.29, 1.82) is 0 Å². The lowest BCUT2D eigenvalue weighted by molar-refractivity contribution is -0.128. The van der Waals surface area contributed by atoms with Gasteiger partial charge in [-0.25, -0.2) is 35.8 Å². The Hall–Kier alpha value is -3.83. The van der Waals surface area contributed by atoms with Crippen LogP contribution in [0.25, 0.3) is 0 Å². The van der Waals surface area contributed by atoms with Crippen LogP contribution in [0.2, 0.25) is 0 Å². The summed E-state index contributed by atoms with van der Waals surface area (Å²) in [5, 5.41) is 2.33. The third kappa shape index (κ3) is 7.83. The number of hydrogen-bond acceptors (Lipinski definition) is 6. The van der Waals surface area contributed by atoms with E-state index in [2.05, 4.69) is 10.3 Å². The minimum absolute atomic E-state index is 0.0263. The number of hydrogen-bond donors (Lipinski definition) is 6. The first-order valence-electron chi connectivity index (χ1n) is 10.7. The van der Waals surface area contributed by atoms with E-state index in [-0.39, 0.29) is 31.8 Å². The lowest BCUT2D eigenvalue weighted by atomic mass is 10.0. The van der Waals surface area contributed by atoms with Crippen LogP contribution in [0.1, 0.15) is 18.4 Å². The number of primary amides is 1. The van der Waals surface area contributed by atoms with Crippen molar-refractivity contribution in [2.45, 2.75) is 36.2 Å². The fraction of sp³-hybridized carbons (Fsp3) is 0.286. The Morgan fingerprint density at radius 1 is 0.868 bits per heavy atom. The molecule has 17 heteroatoms. The molecule has 2 aromatic rings. The highest BCUT2D eigenvalue weighted by molar-refractivity contribution is 7.89. The minimum atomic E-state index is -5.45. The molecule has 0 saturated carbocycles. The maximum absolute atomic E-state index is 14.0. The van der Waals surface area contributed by atoms with Gasteiger partial charge in [-0.3, -0.25) is 14.6 Å². The molecule has 0 heterocycles. The zero-order valence-electron chi connectivity index (χ0n) is 19.5. The first-order valence-corrected chi connectivity index (χ1v) is 12.2. The number of guanidine groups is 1. The van der Waals surface area contributed by atoms with E-state index < -0.39 is 67.9 Å². The van der Waals surface area contributed by atoms with Crippen molar-refractivity contribution in [3.05, 3.63) is 65.0 Å². The number of carbonyl (C=O) groups is 2. The molecule has 0 aliphatic heterocycles. The molecule has 0 fully saturated rings. The molecule has 208 valence electrons. The summed E-state index contributed by atoms with van der Waals surface area (Å²) in [7, 11) is -5.45. The molecule has 0 radical (unpaired) electrons. The number of benzene rings is 2. The average molecular weight is 566 g/mol. The summed E-state index contributed by atoms with van der Waals surface area (Å²) in [6, 6.07) is 5.59. The zero-order valence-corrected chi connectivity index (χ0v) is 20.3. The second kappa shape index (κ2) is 13.1. The van der Waals surface area contributed by atoms with E-state index in [0.29, 0.717) is 5.56 Å². The summed E-state index contributed by atoms with van der Waals surface area (Å²) >= 11 is 0. The number of carbonyl (C=O) groups excluding carboxylic acids is 2. The molecular formula is C21H24F5N7O4S. The molecule has 2 aromatic carbocycles. The summed E-state index contributed by atoms with van der Waals surface area (Å²) < 4.78 is 93.3. The largest absolute Gasteiger partial charge is 0.370 e. The van der Waals surface area contributed by atoms with Gasteiger partial charge in [0.25, 0.3) is 10.0 Å². The highest BCUT2D eigenvalue weighted by Gasteiger charge is 2.34. The number of amides is 2. The molecular weight excluding hydrogens is 541 g/mol. The molecule has 0 aromatic heterocycles. The maximum atomic E-state index is 14.0. The first kappa shape index (κ1) is 30.4. The van der Waals surface area contributed by atoms with Crippen molar-refractivity contribution in [3.8, 4) is 0 Å². The van der Waals surface area contributed by atoms with Crippen molar-refractivity contribution in [2.24, 2.45) is 22.2 Å². The van der Waals surface area contributed by atoms with E-state index in [1.54, 1.807) is 30.3 Å². The molecule has 2 rings (SSSR count). The van der Waals surface area contributed by atoms with Gasteiger partial charge in [0.05, 0.1) is 0 Å². The first-order chi connectivity index (χ1) is 17.8. The number of nitrogens with two attached hydrogens (primary N) is 3. The quantitative estimate of drug-likeness (QED) is 0.0368. The van der Waals surface area contributed by atoms with Gasteiger partial charge in [-0.15, -0.1) is 4.83 Å². The number of hydrazine groups is 1. The summed E-state index contributed by atoms with van der Waals surface area (Å²) in [5.41, 5.74) is 18.4. The van der Waals surface area contributed by atoms with Gasteiger partial charge >= 0.3 is 0 Å². The van der Waals surface area contributed by atoms with Gasteiger partial charge in [0, 0.05) is 13.0 Å². The van der Waals surface area contributed by atoms with Gasteiger partial charge in [-0.2, -0.15) is 0 Å². The molecule has 0 saturated heterocycles. The Balaban J connectivity index is 2.27. The van der Waals surface area contributed by atoms with Gasteiger partial charge in [0.2, 0.25) is 17.6 Å². The highest BCUT2D eigenvalue weighted by atomic mass is 32.2. The Labute approximate surface area is 213 Å². The van der Waals surface area contributed by atoms with E-state index in [9.17, 15) is 40.0 Å². The van der Waals surface area contributed by atoms with Crippen LogP contribution in [0.3, 0.4) is 0 Å². The van der Waals surface area contributed by atoms with Crippen LogP contribution in [-0.4, -0.2) is 44.8 Å². The van der Waals surface area contributed by atoms with Crippen LogP contribution in [0.4, 0.5) is 22.0 Å². The van der Waals surface area contributed by atoms with Gasteiger partial charge in [0.15, 0.2) is 34.1 Å². The third-order valence-corrected chi connectivity index (χ3v) is 6.29. The molecule has 11 nitrogen and oxygen atoms in total. The molecule has 9 N–H and O–H groups in total. The molecule has 0 unspecified atom stereocenters. The van der Waals surface area contributed by atoms with Crippen LogP contribution >= 0.6 is 0 Å². The summed E-state index contributed by atoms with van der Waals surface area (Å²) in [6.07, 6.45) is -0.203. The summed E-state index contributed by atoms with van der Waals surface area (Å²) in [6.45, 7) is -0.0263. The van der Waals surface area contributed by atoms with E-state index in [1.165, 1.54) is 4.83 Å². The molecule has 0 bridgehead atoms. The normalized spacial score (nSPS) is 13.0. The van der Waals surface area contributed by atoms with Crippen LogP contribution in [0.5, 0.6) is 0 Å². The molecule has 38 heavy (non-hydrogen) atoms. The van der Waals surface area contributed by atoms with Gasteiger partial charge in [0.1, 0.15) is 12.1 Å². The topological polar surface area (TPSA) is 195 Å². The SMILES string of the molecule is NC(=O)[C@H](Cc1ccccc1)NC(=O)[C@H](CCCN=C(N)N)NNS(=O)(=O)c1c(F)c(F)c(F)c(F)c1F. The number of rotatable bonds is 13. The van der Waals surface area contributed by atoms with Crippen molar-refractivity contribution in [1.82, 2.24) is 15.6 Å². The predicted octanol–water partition coefficient (Wildman–Crippen LogP) is -0.200. The lowest BCUT2D eigenvalue weighted by Crippen LogP contribution is -2.56. The number of sulfonamides is 1. The lowest BCUT2D eigenvalue weighted by Gasteiger charge is -2.22. The van der Waals surface area contributed by atoms with Gasteiger partial charge in [-0.05, 0) is 18.4 Å². The molecule has 0 aliphatic rings. The zero-order chi connectivity index (χ0) is 28.6. The number of nitrogens with zero attached hydrogens (tertiary/aromatic N) is 1. The van der Waals surface area contributed by atoms with Crippen molar-refractivity contribution < 1.29 is 40.0 Å². The maximum Gasteiger partial charge on any atom is 0.259 e. The summed E-state index contributed by atoms with van der Waals surface area (Å²) in [5.74, 6) is -14.9. The fourth-order valence-electron chi connectivity index (χ4n) is 3.14. The number of nitrogens with one attached hydrogen (secondary N) is 3. The Morgan fingerprint density at radius 3 is 1.95 bits per heavy atom. The summed E-state index contributed by atoms with van der Waals surface area (Å²) in [4.78, 5) is 27.8. The standard InChI is InChI=1S/C21H24F5N7O4S/c22-13-14(23)16(25)18(17(26)15(13)24)38(36,37)33-32-11(7-4-8-30-21(28)29)20(35)31-12(19(27)34)9-10-5-2-1-3-6-10/h1-3,5-6,11-12,32-33H,4,7-9H2,(H2,27,34)(H,31,35)(H4,28,29,30)/t11-,12-/m0/s1. The van der Waals surface area contributed by atoms with Crippen molar-refractivity contribution in [3.63, 3.8) is 0 Å². The van der Waals surface area contributed by atoms with E-state index in [4.69, 9.17) is 17.2 Å². The van der Waals surface area contributed by atoms with Crippen molar-refractivity contribution >= 4 is 27.8 Å². The molecule has 2 amide bonds. The van der Waals surface area contributed by atoms with Crippen LogP contribution < -0.4 is 32.8 Å². The van der Waals surface area contributed by atoms with E-state index >= 15 is 0 Å². The molecule has 0 aliphatic carbocycles. The smallest absolute Gasteiger partial charge is 0.259 e. The van der Waals surface area contributed by atoms with Crippen LogP contribution in [0, 0.1) is 29.1 Å². The Morgan fingerprint density at radius 2 is 1.42 bits per heavy atom. The minimum Gasteiger partial charge on any atom is -0.370 e. The molecule has 2 atom stereocenters. The Bertz CT molecular complexity index is 1280. The highest BCUT2D eigenvalue weighted by Crippen LogP contribution is 2.26. The monoisotopic (exact) mass is 565 g/mol. The van der Waals surface area contributed by atoms with Gasteiger partial charge < -0.3 is 22.5 Å². The van der Waals surface area contributed by atoms with E-state index in [1.807, 2.05) is 5.43 Å². The number of halogens is 5.